The van der Waals surface area contributed by atoms with E-state index in [0.717, 1.165) is 22.9 Å². The van der Waals surface area contributed by atoms with E-state index in [1.807, 2.05) is 0 Å². The van der Waals surface area contributed by atoms with E-state index in [4.69, 9.17) is 5.11 Å². The summed E-state index contributed by atoms with van der Waals surface area (Å²) in [6, 6.07) is 2.72. The summed E-state index contributed by atoms with van der Waals surface area (Å²) in [5.74, 6) is -1.25. The maximum atomic E-state index is 12.7. The van der Waals surface area contributed by atoms with E-state index < -0.39 is 29.8 Å². The molecule has 0 aliphatic carbocycles. The van der Waals surface area contributed by atoms with Crippen molar-refractivity contribution in [3.8, 4) is 0 Å². The zero-order chi connectivity index (χ0) is 15.8. The quantitative estimate of drug-likeness (QED) is 0.941. The highest BCUT2D eigenvalue weighted by atomic mass is 19.4. The monoisotopic (exact) mass is 300 g/mol. The molecule has 0 aliphatic rings. The van der Waals surface area contributed by atoms with E-state index in [1.165, 1.54) is 0 Å². The van der Waals surface area contributed by atoms with Crippen molar-refractivity contribution in [1.82, 2.24) is 9.78 Å². The average Bonchev–Trinajstić information content (AvgIpc) is 2.40. The van der Waals surface area contributed by atoms with E-state index >= 15 is 0 Å². The minimum Gasteiger partial charge on any atom is -0.480 e. The van der Waals surface area contributed by atoms with Crippen LogP contribution < -0.4 is 5.56 Å². The first-order valence-electron chi connectivity index (χ1n) is 6.06. The number of hydrogen-bond donors (Lipinski definition) is 1. The molecule has 0 radical (unpaired) electrons. The van der Waals surface area contributed by atoms with Gasteiger partial charge in [-0.3, -0.25) is 9.59 Å². The zero-order valence-electron chi connectivity index (χ0n) is 10.9. The Morgan fingerprint density at radius 2 is 2.00 bits per heavy atom. The van der Waals surface area contributed by atoms with Gasteiger partial charge >= 0.3 is 12.1 Å². The van der Waals surface area contributed by atoms with Gasteiger partial charge in [-0.25, -0.2) is 4.68 Å². The molecule has 8 heteroatoms. The van der Waals surface area contributed by atoms with Gasteiger partial charge in [0.15, 0.2) is 0 Å². The van der Waals surface area contributed by atoms with Crippen molar-refractivity contribution in [2.24, 2.45) is 0 Å². The molecule has 0 unspecified atom stereocenters. The third-order valence-corrected chi connectivity index (χ3v) is 2.98. The van der Waals surface area contributed by atoms with Crippen molar-refractivity contribution in [2.75, 3.05) is 0 Å². The second-order valence-electron chi connectivity index (χ2n) is 4.41. The van der Waals surface area contributed by atoms with Gasteiger partial charge in [0.1, 0.15) is 6.54 Å². The summed E-state index contributed by atoms with van der Waals surface area (Å²) >= 11 is 0. The minimum absolute atomic E-state index is 0.0242. The lowest BCUT2D eigenvalue weighted by atomic mass is 10.1. The fraction of sp³-hybridized carbons (Fsp3) is 0.308. The second kappa shape index (κ2) is 5.19. The molecule has 0 saturated carbocycles. The van der Waals surface area contributed by atoms with E-state index in [9.17, 15) is 22.8 Å². The standard InChI is InChI=1S/C13H11F3N2O3/c1-2-10-9-5-7(13(14,15)16)3-4-8(9)12(21)18(17-10)6-11(19)20/h3-5H,2,6H2,1H3,(H,19,20). The topological polar surface area (TPSA) is 72.2 Å². The molecule has 0 atom stereocenters. The number of alkyl halides is 3. The first-order valence-corrected chi connectivity index (χ1v) is 6.06. The summed E-state index contributed by atoms with van der Waals surface area (Å²) in [6.45, 7) is 1.03. The summed E-state index contributed by atoms with van der Waals surface area (Å²) in [4.78, 5) is 22.7. The number of halogens is 3. The van der Waals surface area contributed by atoms with Gasteiger partial charge < -0.3 is 5.11 Å². The molecule has 1 aromatic heterocycles. The number of aryl methyl sites for hydroxylation is 1. The number of fused-ring (bicyclic) bond motifs is 1. The molecule has 21 heavy (non-hydrogen) atoms. The Hall–Kier alpha value is -2.38. The van der Waals surface area contributed by atoms with E-state index in [1.54, 1.807) is 6.92 Å². The molecule has 0 amide bonds. The highest BCUT2D eigenvalue weighted by Crippen LogP contribution is 2.31. The van der Waals surface area contributed by atoms with Crippen molar-refractivity contribution in [2.45, 2.75) is 26.1 Å². The summed E-state index contributed by atoms with van der Waals surface area (Å²) in [6.07, 6.45) is -4.24. The highest BCUT2D eigenvalue weighted by Gasteiger charge is 2.31. The third-order valence-electron chi connectivity index (χ3n) is 2.98. The Balaban J connectivity index is 2.76. The lowest BCUT2D eigenvalue weighted by molar-refractivity contribution is -0.138. The third kappa shape index (κ3) is 2.88. The summed E-state index contributed by atoms with van der Waals surface area (Å²) in [7, 11) is 0. The molecular formula is C13H11F3N2O3. The number of rotatable bonds is 3. The number of aromatic nitrogens is 2. The first kappa shape index (κ1) is 15.0. The number of benzene rings is 1. The molecule has 0 spiro atoms. The van der Waals surface area contributed by atoms with E-state index in [2.05, 4.69) is 5.10 Å². The van der Waals surface area contributed by atoms with Crippen LogP contribution in [-0.2, 0) is 23.9 Å². The van der Waals surface area contributed by atoms with Gasteiger partial charge in [-0.1, -0.05) is 6.92 Å². The molecule has 2 aromatic rings. The number of aliphatic carboxylic acids is 1. The predicted molar refractivity (Wildman–Crippen MR) is 68.0 cm³/mol. The molecule has 0 fully saturated rings. The first-order chi connectivity index (χ1) is 9.74. The summed E-state index contributed by atoms with van der Waals surface area (Å²) < 4.78 is 38.9. The molecule has 0 bridgehead atoms. The van der Waals surface area contributed by atoms with Crippen LogP contribution >= 0.6 is 0 Å². The number of carboxylic acids is 1. The Bertz CT molecular complexity index is 766. The van der Waals surface area contributed by atoms with Crippen LogP contribution in [0.3, 0.4) is 0 Å². The van der Waals surface area contributed by atoms with Gasteiger partial charge in [0.2, 0.25) is 0 Å². The molecule has 1 aromatic carbocycles. The zero-order valence-corrected chi connectivity index (χ0v) is 10.9. The molecule has 0 saturated heterocycles. The van der Waals surface area contributed by atoms with Gasteiger partial charge in [-0.2, -0.15) is 18.3 Å². The molecular weight excluding hydrogens is 289 g/mol. The van der Waals surface area contributed by atoms with Crippen LogP contribution in [0.4, 0.5) is 13.2 Å². The van der Waals surface area contributed by atoms with E-state index in [0.29, 0.717) is 0 Å². The largest absolute Gasteiger partial charge is 0.480 e. The molecule has 1 heterocycles. The Kier molecular flexibility index (Phi) is 3.71. The van der Waals surface area contributed by atoms with Crippen molar-refractivity contribution in [1.29, 1.82) is 0 Å². The Morgan fingerprint density at radius 3 is 2.52 bits per heavy atom. The van der Waals surface area contributed by atoms with Gasteiger partial charge in [0.25, 0.3) is 5.56 Å². The lowest BCUT2D eigenvalue weighted by Gasteiger charge is -2.11. The van der Waals surface area contributed by atoms with Crippen molar-refractivity contribution in [3.63, 3.8) is 0 Å². The van der Waals surface area contributed by atoms with Gasteiger partial charge in [-0.15, -0.1) is 0 Å². The van der Waals surface area contributed by atoms with Gasteiger partial charge in [-0.05, 0) is 24.6 Å². The SMILES string of the molecule is CCc1nn(CC(=O)O)c(=O)c2ccc(C(F)(F)F)cc12. The molecule has 1 N–H and O–H groups in total. The Labute approximate surface area is 116 Å². The normalized spacial score (nSPS) is 11.8. The van der Waals surface area contributed by atoms with Crippen LogP contribution in [0, 0.1) is 0 Å². The van der Waals surface area contributed by atoms with Crippen LogP contribution in [-0.4, -0.2) is 20.9 Å². The van der Waals surface area contributed by atoms with Crippen LogP contribution in [0.2, 0.25) is 0 Å². The fourth-order valence-corrected chi connectivity index (χ4v) is 2.03. The van der Waals surface area contributed by atoms with Crippen molar-refractivity contribution >= 4 is 16.7 Å². The van der Waals surface area contributed by atoms with Crippen LogP contribution in [0.15, 0.2) is 23.0 Å². The van der Waals surface area contributed by atoms with Gasteiger partial charge in [0, 0.05) is 5.39 Å². The average molecular weight is 300 g/mol. The maximum absolute atomic E-state index is 12.7. The van der Waals surface area contributed by atoms with Crippen molar-refractivity contribution < 1.29 is 23.1 Å². The van der Waals surface area contributed by atoms with Gasteiger partial charge in [0.05, 0.1) is 16.6 Å². The van der Waals surface area contributed by atoms with Crippen LogP contribution in [0.25, 0.3) is 10.8 Å². The fourth-order valence-electron chi connectivity index (χ4n) is 2.03. The number of hydrogen-bond acceptors (Lipinski definition) is 3. The lowest BCUT2D eigenvalue weighted by Crippen LogP contribution is -2.28. The van der Waals surface area contributed by atoms with Crippen LogP contribution in [0.1, 0.15) is 18.2 Å². The summed E-state index contributed by atoms with van der Waals surface area (Å²) in [5.41, 5.74) is -1.35. The highest BCUT2D eigenvalue weighted by molar-refractivity contribution is 5.84. The number of carboxylic acid groups (broad SMARTS) is 1. The Morgan fingerprint density at radius 1 is 1.33 bits per heavy atom. The molecule has 5 nitrogen and oxygen atoms in total. The maximum Gasteiger partial charge on any atom is 0.416 e. The molecule has 0 aliphatic heterocycles. The number of carbonyl (C=O) groups is 1. The minimum atomic E-state index is -4.52. The number of nitrogens with zero attached hydrogens (tertiary/aromatic N) is 2. The smallest absolute Gasteiger partial charge is 0.416 e. The van der Waals surface area contributed by atoms with Crippen LogP contribution in [0.5, 0.6) is 0 Å². The molecule has 112 valence electrons. The van der Waals surface area contributed by atoms with E-state index in [-0.39, 0.29) is 22.9 Å². The van der Waals surface area contributed by atoms with Crippen molar-refractivity contribution in [3.05, 3.63) is 39.8 Å². The molecule has 2 rings (SSSR count). The summed E-state index contributed by atoms with van der Waals surface area (Å²) in [5, 5.41) is 12.7. The predicted octanol–water partition coefficient (Wildman–Crippen LogP) is 2.06. The second-order valence-corrected chi connectivity index (χ2v) is 4.41.